The first-order valence-electron chi connectivity index (χ1n) is 9.35. The molecule has 1 amide bonds. The Bertz CT molecular complexity index is 1060. The molecule has 29 heavy (non-hydrogen) atoms. The monoisotopic (exact) mass is 433 g/mol. The number of rotatable bonds is 9. The molecular weight excluding hydrogens is 410 g/mol. The fraction of sp³-hybridized carbons (Fsp3) is 0.300. The summed E-state index contributed by atoms with van der Waals surface area (Å²) >= 11 is 1.48. The zero-order chi connectivity index (χ0) is 20.9. The number of anilines is 1. The Morgan fingerprint density at radius 2 is 1.93 bits per heavy atom. The SMILES string of the molecule is CCCc1nc(NC(=O)c2ccc(S(=O)(=O)NCc3ccco3)cc2)sc1CC. The molecular formula is C20H23N3O4S2. The summed E-state index contributed by atoms with van der Waals surface area (Å²) in [6, 6.07) is 9.15. The Hall–Kier alpha value is -2.49. The second-order valence-corrected chi connectivity index (χ2v) is 9.23. The molecule has 154 valence electrons. The maximum atomic E-state index is 12.5. The summed E-state index contributed by atoms with van der Waals surface area (Å²) in [4.78, 5) is 18.3. The van der Waals surface area contributed by atoms with Crippen LogP contribution < -0.4 is 10.0 Å². The minimum absolute atomic E-state index is 0.0570. The lowest BCUT2D eigenvalue weighted by molar-refractivity contribution is 0.102. The zero-order valence-electron chi connectivity index (χ0n) is 16.3. The van der Waals surface area contributed by atoms with Gasteiger partial charge in [0.15, 0.2) is 5.13 Å². The molecule has 0 radical (unpaired) electrons. The molecule has 3 rings (SSSR count). The number of nitrogens with one attached hydrogen (secondary N) is 2. The van der Waals surface area contributed by atoms with Gasteiger partial charge in [0.05, 0.1) is 23.4 Å². The van der Waals surface area contributed by atoms with E-state index in [1.165, 1.54) is 46.7 Å². The second-order valence-electron chi connectivity index (χ2n) is 6.37. The van der Waals surface area contributed by atoms with Crippen molar-refractivity contribution >= 4 is 32.4 Å². The number of amides is 1. The van der Waals surface area contributed by atoms with Gasteiger partial charge in [-0.2, -0.15) is 0 Å². The molecule has 0 fully saturated rings. The molecule has 0 atom stereocenters. The molecule has 2 N–H and O–H groups in total. The van der Waals surface area contributed by atoms with Crippen LogP contribution in [0.3, 0.4) is 0 Å². The number of thiazole rings is 1. The van der Waals surface area contributed by atoms with Gasteiger partial charge in [0.2, 0.25) is 10.0 Å². The van der Waals surface area contributed by atoms with Crippen molar-refractivity contribution in [1.29, 1.82) is 0 Å². The molecule has 0 saturated carbocycles. The first-order chi connectivity index (χ1) is 13.9. The van der Waals surface area contributed by atoms with E-state index in [1.54, 1.807) is 12.1 Å². The third-order valence-corrected chi connectivity index (χ3v) is 6.82. The van der Waals surface area contributed by atoms with E-state index in [1.807, 2.05) is 0 Å². The van der Waals surface area contributed by atoms with Crippen molar-refractivity contribution in [2.24, 2.45) is 0 Å². The van der Waals surface area contributed by atoms with Gasteiger partial charge in [-0.05, 0) is 49.2 Å². The Kier molecular flexibility index (Phi) is 6.83. The lowest BCUT2D eigenvalue weighted by atomic mass is 10.2. The summed E-state index contributed by atoms with van der Waals surface area (Å²) < 4.78 is 32.3. The van der Waals surface area contributed by atoms with Gasteiger partial charge < -0.3 is 4.42 Å². The maximum absolute atomic E-state index is 12.5. The Balaban J connectivity index is 1.67. The first-order valence-corrected chi connectivity index (χ1v) is 11.6. The number of aromatic nitrogens is 1. The second kappa shape index (κ2) is 9.34. The molecule has 7 nitrogen and oxygen atoms in total. The molecule has 0 aliphatic heterocycles. The van der Waals surface area contributed by atoms with Gasteiger partial charge in [0.25, 0.3) is 5.91 Å². The largest absolute Gasteiger partial charge is 0.468 e. The van der Waals surface area contributed by atoms with Crippen molar-refractivity contribution in [2.45, 2.75) is 44.6 Å². The quantitative estimate of drug-likeness (QED) is 0.531. The van der Waals surface area contributed by atoms with Gasteiger partial charge in [0, 0.05) is 10.4 Å². The lowest BCUT2D eigenvalue weighted by Gasteiger charge is -2.07. The molecule has 3 aromatic rings. The average molecular weight is 434 g/mol. The van der Waals surface area contributed by atoms with Crippen LogP contribution in [-0.4, -0.2) is 19.3 Å². The summed E-state index contributed by atoms with van der Waals surface area (Å²) in [6.07, 6.45) is 4.23. The summed E-state index contributed by atoms with van der Waals surface area (Å²) in [5.41, 5.74) is 1.39. The number of sulfonamides is 1. The first kappa shape index (κ1) is 21.2. The topological polar surface area (TPSA) is 101 Å². The minimum atomic E-state index is -3.70. The number of hydrogen-bond donors (Lipinski definition) is 2. The van der Waals surface area contributed by atoms with Crippen LogP contribution in [0, 0.1) is 0 Å². The van der Waals surface area contributed by atoms with Gasteiger partial charge in [0.1, 0.15) is 5.76 Å². The van der Waals surface area contributed by atoms with Crippen molar-refractivity contribution in [3.8, 4) is 0 Å². The highest BCUT2D eigenvalue weighted by Crippen LogP contribution is 2.25. The van der Waals surface area contributed by atoms with E-state index in [9.17, 15) is 13.2 Å². The molecule has 9 heteroatoms. The molecule has 1 aromatic carbocycles. The third-order valence-electron chi connectivity index (χ3n) is 4.25. The minimum Gasteiger partial charge on any atom is -0.468 e. The van der Waals surface area contributed by atoms with Crippen molar-refractivity contribution in [3.05, 3.63) is 64.6 Å². The fourth-order valence-electron chi connectivity index (χ4n) is 2.76. The van der Waals surface area contributed by atoms with Gasteiger partial charge in [-0.3, -0.25) is 10.1 Å². The molecule has 0 saturated heterocycles. The molecule has 0 spiro atoms. The fourth-order valence-corrected chi connectivity index (χ4v) is 4.70. The van der Waals surface area contributed by atoms with Crippen LogP contribution in [0.4, 0.5) is 5.13 Å². The lowest BCUT2D eigenvalue weighted by Crippen LogP contribution is -2.23. The normalized spacial score (nSPS) is 11.5. The van der Waals surface area contributed by atoms with Crippen molar-refractivity contribution < 1.29 is 17.6 Å². The van der Waals surface area contributed by atoms with Crippen molar-refractivity contribution in [3.63, 3.8) is 0 Å². The summed E-state index contributed by atoms with van der Waals surface area (Å²) in [5, 5.41) is 3.37. The Labute approximate surface area is 174 Å². The van der Waals surface area contributed by atoms with E-state index < -0.39 is 10.0 Å². The van der Waals surface area contributed by atoms with Crippen LogP contribution in [0.1, 0.15) is 47.0 Å². The van der Waals surface area contributed by atoms with Gasteiger partial charge in [-0.15, -0.1) is 11.3 Å². The van der Waals surface area contributed by atoms with Crippen LogP contribution in [-0.2, 0) is 29.4 Å². The molecule has 0 bridgehead atoms. The van der Waals surface area contributed by atoms with Crippen LogP contribution in [0.25, 0.3) is 0 Å². The van der Waals surface area contributed by atoms with Gasteiger partial charge in [-0.1, -0.05) is 20.3 Å². The number of nitrogens with zero attached hydrogens (tertiary/aromatic N) is 1. The highest BCUT2D eigenvalue weighted by molar-refractivity contribution is 7.89. The van der Waals surface area contributed by atoms with E-state index in [4.69, 9.17) is 4.42 Å². The van der Waals surface area contributed by atoms with Gasteiger partial charge >= 0.3 is 0 Å². The Morgan fingerprint density at radius 1 is 1.17 bits per heavy atom. The van der Waals surface area contributed by atoms with Crippen LogP contribution in [0.5, 0.6) is 0 Å². The predicted octanol–water partition coefficient (Wildman–Crippen LogP) is 3.98. The van der Waals surface area contributed by atoms with E-state index >= 15 is 0 Å². The summed E-state index contributed by atoms with van der Waals surface area (Å²) in [7, 11) is -3.70. The van der Waals surface area contributed by atoms with Crippen LogP contribution in [0.15, 0.2) is 52.0 Å². The molecule has 0 aliphatic rings. The van der Waals surface area contributed by atoms with Crippen molar-refractivity contribution in [1.82, 2.24) is 9.71 Å². The molecule has 0 unspecified atom stereocenters. The summed E-state index contributed by atoms with van der Waals surface area (Å²) in [6.45, 7) is 4.22. The smallest absolute Gasteiger partial charge is 0.257 e. The standard InChI is InChI=1S/C20H23N3O4S2/c1-3-6-17-18(4-2)28-20(22-17)23-19(24)14-8-10-16(11-9-14)29(25,26)21-13-15-7-5-12-27-15/h5,7-12,21H,3-4,6,13H2,1-2H3,(H,22,23,24). The number of carbonyl (C=O) groups excluding carboxylic acids is 1. The number of carbonyl (C=O) groups is 1. The predicted molar refractivity (Wildman–Crippen MR) is 113 cm³/mol. The van der Waals surface area contributed by atoms with Crippen molar-refractivity contribution in [2.75, 3.05) is 5.32 Å². The molecule has 0 aliphatic carbocycles. The average Bonchev–Trinajstić information content (AvgIpc) is 3.36. The Morgan fingerprint density at radius 3 is 2.55 bits per heavy atom. The van der Waals surface area contributed by atoms with E-state index in [2.05, 4.69) is 28.9 Å². The zero-order valence-corrected chi connectivity index (χ0v) is 17.9. The van der Waals surface area contributed by atoms with Gasteiger partial charge in [-0.25, -0.2) is 18.1 Å². The molecule has 2 aromatic heterocycles. The molecule has 2 heterocycles. The van der Waals surface area contributed by atoms with E-state index in [0.717, 1.165) is 25.0 Å². The van der Waals surface area contributed by atoms with E-state index in [-0.39, 0.29) is 17.3 Å². The number of benzene rings is 1. The summed E-state index contributed by atoms with van der Waals surface area (Å²) in [5.74, 6) is 0.193. The number of aryl methyl sites for hydroxylation is 2. The maximum Gasteiger partial charge on any atom is 0.257 e. The van der Waals surface area contributed by atoms with E-state index in [0.29, 0.717) is 16.5 Å². The van der Waals surface area contributed by atoms with Crippen LogP contribution in [0.2, 0.25) is 0 Å². The highest BCUT2D eigenvalue weighted by atomic mass is 32.2. The number of furan rings is 1. The highest BCUT2D eigenvalue weighted by Gasteiger charge is 2.17. The third kappa shape index (κ3) is 5.31. The van der Waals surface area contributed by atoms with Crippen LogP contribution >= 0.6 is 11.3 Å². The number of hydrogen-bond acceptors (Lipinski definition) is 6.